The second-order valence-corrected chi connectivity index (χ2v) is 4.15. The maximum Gasteiger partial charge on any atom is 0.0856 e. The largest absolute Gasteiger partial charge is 0.623 e. The van der Waals surface area contributed by atoms with E-state index >= 15 is 0 Å². The third kappa shape index (κ3) is 2.21. The molecule has 1 radical (unpaired) electrons. The summed E-state index contributed by atoms with van der Waals surface area (Å²) >= 11 is 0. The SMILES string of the molecule is O=C1[N-]C2=CCCC=C2Cc2ccccc21.[Co]. The minimum absolute atomic E-state index is 0. The number of allylic oxidation sites excluding steroid dienone is 3. The van der Waals surface area contributed by atoms with Crippen LogP contribution in [-0.2, 0) is 23.2 Å². The topological polar surface area (TPSA) is 31.2 Å². The van der Waals surface area contributed by atoms with Crippen LogP contribution < -0.4 is 0 Å². The first kappa shape index (κ1) is 12.1. The number of nitrogens with zero attached hydrogens (tertiary/aromatic N) is 1. The second-order valence-electron chi connectivity index (χ2n) is 4.15. The van der Waals surface area contributed by atoms with E-state index in [2.05, 4.69) is 17.5 Å². The van der Waals surface area contributed by atoms with Gasteiger partial charge in [-0.2, -0.15) is 0 Å². The molecule has 0 bridgehead atoms. The normalized spacial score (nSPS) is 17.5. The van der Waals surface area contributed by atoms with Crippen molar-refractivity contribution in [2.75, 3.05) is 0 Å². The number of amides is 1. The Morgan fingerprint density at radius 1 is 1.06 bits per heavy atom. The van der Waals surface area contributed by atoms with Gasteiger partial charge >= 0.3 is 0 Å². The smallest absolute Gasteiger partial charge is 0.0856 e. The molecular formula is C14H12CoNO-. The number of hydrogen-bond donors (Lipinski definition) is 0. The summed E-state index contributed by atoms with van der Waals surface area (Å²) in [4.78, 5) is 11.9. The van der Waals surface area contributed by atoms with Crippen LogP contribution >= 0.6 is 0 Å². The van der Waals surface area contributed by atoms with Crippen LogP contribution in [-0.4, -0.2) is 5.91 Å². The van der Waals surface area contributed by atoms with Crippen molar-refractivity contribution in [3.63, 3.8) is 0 Å². The molecule has 89 valence electrons. The Morgan fingerprint density at radius 2 is 1.82 bits per heavy atom. The summed E-state index contributed by atoms with van der Waals surface area (Å²) in [6.07, 6.45) is 7.15. The molecule has 0 atom stereocenters. The van der Waals surface area contributed by atoms with Crippen LogP contribution in [0.1, 0.15) is 28.8 Å². The predicted octanol–water partition coefficient (Wildman–Crippen LogP) is 3.36. The molecule has 2 aliphatic rings. The summed E-state index contributed by atoms with van der Waals surface area (Å²) in [7, 11) is 0. The fourth-order valence-electron chi connectivity index (χ4n) is 2.25. The third-order valence-corrected chi connectivity index (χ3v) is 3.07. The molecule has 0 unspecified atom stereocenters. The summed E-state index contributed by atoms with van der Waals surface area (Å²) in [6, 6.07) is 7.74. The molecule has 3 rings (SSSR count). The van der Waals surface area contributed by atoms with Crippen molar-refractivity contribution in [1.82, 2.24) is 0 Å². The van der Waals surface area contributed by atoms with Gasteiger partial charge in [0.1, 0.15) is 0 Å². The maximum atomic E-state index is 11.9. The molecule has 0 spiro atoms. The summed E-state index contributed by atoms with van der Waals surface area (Å²) in [6.45, 7) is 0. The van der Waals surface area contributed by atoms with Gasteiger partial charge in [-0.15, -0.1) is 5.70 Å². The van der Waals surface area contributed by atoms with Crippen LogP contribution in [0.5, 0.6) is 0 Å². The molecule has 1 amide bonds. The minimum atomic E-state index is -0.104. The van der Waals surface area contributed by atoms with Gasteiger partial charge in [0, 0.05) is 22.3 Å². The fraction of sp³-hybridized carbons (Fsp3) is 0.214. The van der Waals surface area contributed by atoms with Crippen molar-refractivity contribution in [3.05, 3.63) is 64.1 Å². The predicted molar refractivity (Wildman–Crippen MR) is 63.2 cm³/mol. The van der Waals surface area contributed by atoms with Crippen LogP contribution in [0.4, 0.5) is 0 Å². The molecule has 0 saturated heterocycles. The van der Waals surface area contributed by atoms with Crippen LogP contribution in [0.3, 0.4) is 0 Å². The molecule has 1 aromatic carbocycles. The summed E-state index contributed by atoms with van der Waals surface area (Å²) < 4.78 is 0. The van der Waals surface area contributed by atoms with Crippen molar-refractivity contribution in [3.8, 4) is 0 Å². The molecule has 1 heterocycles. The Hall–Kier alpha value is -1.32. The van der Waals surface area contributed by atoms with E-state index in [-0.39, 0.29) is 22.7 Å². The molecule has 0 N–H and O–H groups in total. The summed E-state index contributed by atoms with van der Waals surface area (Å²) in [5.41, 5.74) is 3.92. The van der Waals surface area contributed by atoms with Gasteiger partial charge in [-0.3, -0.25) is 0 Å². The van der Waals surface area contributed by atoms with Crippen molar-refractivity contribution in [2.45, 2.75) is 19.3 Å². The third-order valence-electron chi connectivity index (χ3n) is 3.07. The zero-order chi connectivity index (χ0) is 11.0. The molecule has 17 heavy (non-hydrogen) atoms. The number of rotatable bonds is 0. The first-order valence-corrected chi connectivity index (χ1v) is 5.58. The van der Waals surface area contributed by atoms with E-state index < -0.39 is 0 Å². The first-order valence-electron chi connectivity index (χ1n) is 5.58. The number of hydrogen-bond acceptors (Lipinski definition) is 1. The van der Waals surface area contributed by atoms with Crippen molar-refractivity contribution in [1.29, 1.82) is 0 Å². The van der Waals surface area contributed by atoms with E-state index in [0.717, 1.165) is 36.1 Å². The quantitative estimate of drug-likeness (QED) is 0.710. The van der Waals surface area contributed by atoms with Crippen molar-refractivity contribution < 1.29 is 21.6 Å². The monoisotopic (exact) mass is 269 g/mol. The van der Waals surface area contributed by atoms with E-state index in [0.29, 0.717) is 0 Å². The Bertz CT molecular complexity index is 517. The number of carbonyl (C=O) groups is 1. The zero-order valence-corrected chi connectivity index (χ0v) is 10.3. The van der Waals surface area contributed by atoms with Crippen LogP contribution in [0.15, 0.2) is 47.7 Å². The molecule has 1 aromatic rings. The molecular weight excluding hydrogens is 257 g/mol. The van der Waals surface area contributed by atoms with Gasteiger partial charge in [0.25, 0.3) is 0 Å². The van der Waals surface area contributed by atoms with Gasteiger partial charge in [-0.25, -0.2) is 0 Å². The number of carbonyl (C=O) groups excluding carboxylic acids is 1. The maximum absolute atomic E-state index is 11.9. The average Bonchev–Trinajstić information content (AvgIpc) is 2.45. The Balaban J connectivity index is 0.00000108. The molecule has 1 aliphatic heterocycles. The van der Waals surface area contributed by atoms with Crippen LogP contribution in [0.2, 0.25) is 0 Å². The minimum Gasteiger partial charge on any atom is -0.623 e. The molecule has 0 saturated carbocycles. The van der Waals surface area contributed by atoms with E-state index in [9.17, 15) is 4.79 Å². The summed E-state index contributed by atoms with van der Waals surface area (Å²) in [5.74, 6) is -0.104. The Labute approximate surface area is 111 Å². The van der Waals surface area contributed by atoms with Crippen LogP contribution in [0, 0.1) is 0 Å². The Kier molecular flexibility index (Phi) is 3.50. The molecule has 0 aromatic heterocycles. The van der Waals surface area contributed by atoms with E-state index in [1.807, 2.05) is 24.3 Å². The molecule has 1 aliphatic carbocycles. The number of fused-ring (bicyclic) bond motifs is 2. The van der Waals surface area contributed by atoms with Gasteiger partial charge in [-0.1, -0.05) is 42.0 Å². The number of benzene rings is 1. The van der Waals surface area contributed by atoms with Gasteiger partial charge in [-0.05, 0) is 24.8 Å². The first-order chi connectivity index (χ1) is 7.84. The second kappa shape index (κ2) is 4.90. The van der Waals surface area contributed by atoms with E-state index in [4.69, 9.17) is 0 Å². The van der Waals surface area contributed by atoms with Crippen molar-refractivity contribution in [2.24, 2.45) is 0 Å². The molecule has 0 fully saturated rings. The van der Waals surface area contributed by atoms with E-state index in [1.54, 1.807) is 0 Å². The Morgan fingerprint density at radius 3 is 2.71 bits per heavy atom. The van der Waals surface area contributed by atoms with Crippen molar-refractivity contribution >= 4 is 5.91 Å². The van der Waals surface area contributed by atoms with Gasteiger partial charge in [0.15, 0.2) is 0 Å². The average molecular weight is 269 g/mol. The van der Waals surface area contributed by atoms with Crippen LogP contribution in [0.25, 0.3) is 5.32 Å². The standard InChI is InChI=1S/C14H13NO.Co/c16-14-12-7-3-1-5-10(12)9-11-6-2-4-8-13(11)15-14;/h1,3,5-8H,2,4,9H2,(H,15,16);/p-1. The molecule has 3 heteroatoms. The molecule has 2 nitrogen and oxygen atoms in total. The fourth-order valence-corrected chi connectivity index (χ4v) is 2.25. The zero-order valence-electron chi connectivity index (χ0n) is 9.27. The summed E-state index contributed by atoms with van der Waals surface area (Å²) in [5, 5.41) is 4.19. The van der Waals surface area contributed by atoms with Gasteiger partial charge in [0.05, 0.1) is 5.91 Å². The van der Waals surface area contributed by atoms with Gasteiger partial charge < -0.3 is 10.1 Å². The van der Waals surface area contributed by atoms with Gasteiger partial charge in [0.2, 0.25) is 0 Å². The van der Waals surface area contributed by atoms with E-state index in [1.165, 1.54) is 5.57 Å².